The van der Waals surface area contributed by atoms with Crippen molar-refractivity contribution in [2.75, 3.05) is 19.8 Å². The average molecular weight is 317 g/mol. The molecule has 23 heavy (non-hydrogen) atoms. The Morgan fingerprint density at radius 3 is 2.61 bits per heavy atom. The van der Waals surface area contributed by atoms with Crippen LogP contribution < -0.4 is 5.73 Å². The molecule has 3 rings (SSSR count). The molecule has 0 spiro atoms. The molecule has 2 fully saturated rings. The highest BCUT2D eigenvalue weighted by Crippen LogP contribution is 2.39. The molecule has 1 aromatic carbocycles. The van der Waals surface area contributed by atoms with Gasteiger partial charge in [0, 0.05) is 6.61 Å². The quantitative estimate of drug-likeness (QED) is 0.848. The minimum atomic E-state index is -0.384. The van der Waals surface area contributed by atoms with Crippen molar-refractivity contribution in [3.05, 3.63) is 35.4 Å². The summed E-state index contributed by atoms with van der Waals surface area (Å²) in [7, 11) is 0. The Labute approximate surface area is 138 Å². The van der Waals surface area contributed by atoms with Gasteiger partial charge in [0.15, 0.2) is 0 Å². The van der Waals surface area contributed by atoms with Gasteiger partial charge in [0.25, 0.3) is 0 Å². The summed E-state index contributed by atoms with van der Waals surface area (Å²) in [5, 5.41) is 0. The van der Waals surface area contributed by atoms with Gasteiger partial charge in [0.05, 0.1) is 24.7 Å². The first-order valence-corrected chi connectivity index (χ1v) is 8.78. The van der Waals surface area contributed by atoms with Crippen LogP contribution in [-0.2, 0) is 19.8 Å². The molecule has 1 saturated carbocycles. The molecule has 2 unspecified atom stereocenters. The Kier molecular flexibility index (Phi) is 5.02. The van der Waals surface area contributed by atoms with E-state index in [9.17, 15) is 4.79 Å². The summed E-state index contributed by atoms with van der Waals surface area (Å²) < 4.78 is 10.8. The first-order chi connectivity index (χ1) is 11.1. The zero-order chi connectivity index (χ0) is 16.3. The predicted octanol–water partition coefficient (Wildman–Crippen LogP) is 3.10. The Balaban J connectivity index is 1.82. The maximum Gasteiger partial charge on any atom is 0.313 e. The summed E-state index contributed by atoms with van der Waals surface area (Å²) >= 11 is 0. The van der Waals surface area contributed by atoms with E-state index in [0.717, 1.165) is 30.4 Å². The molecule has 4 heteroatoms. The molecule has 1 aliphatic carbocycles. The molecule has 2 aliphatic rings. The van der Waals surface area contributed by atoms with Crippen LogP contribution in [0.15, 0.2) is 24.3 Å². The fourth-order valence-corrected chi connectivity index (χ4v) is 3.95. The SMILES string of the molecule is CCOC(=O)C(c1ccc(C2(N)CCOC2)cc1)C1CCCC1. The monoisotopic (exact) mass is 317 g/mol. The van der Waals surface area contributed by atoms with Gasteiger partial charge >= 0.3 is 5.97 Å². The molecule has 1 heterocycles. The molecule has 1 saturated heterocycles. The number of carbonyl (C=O) groups excluding carboxylic acids is 1. The van der Waals surface area contributed by atoms with Crippen LogP contribution in [0.2, 0.25) is 0 Å². The number of esters is 1. The fourth-order valence-electron chi connectivity index (χ4n) is 3.95. The molecule has 126 valence electrons. The second kappa shape index (κ2) is 7.02. The van der Waals surface area contributed by atoms with Crippen molar-refractivity contribution >= 4 is 5.97 Å². The maximum absolute atomic E-state index is 12.5. The normalized spacial score (nSPS) is 26.3. The van der Waals surface area contributed by atoms with Crippen molar-refractivity contribution in [1.29, 1.82) is 0 Å². The van der Waals surface area contributed by atoms with E-state index < -0.39 is 0 Å². The van der Waals surface area contributed by atoms with Crippen LogP contribution in [0.25, 0.3) is 0 Å². The van der Waals surface area contributed by atoms with Gasteiger partial charge in [-0.3, -0.25) is 4.79 Å². The van der Waals surface area contributed by atoms with Crippen molar-refractivity contribution in [1.82, 2.24) is 0 Å². The van der Waals surface area contributed by atoms with E-state index in [1.165, 1.54) is 12.8 Å². The number of benzene rings is 1. The molecule has 4 nitrogen and oxygen atoms in total. The van der Waals surface area contributed by atoms with Gasteiger partial charge in [-0.1, -0.05) is 37.1 Å². The lowest BCUT2D eigenvalue weighted by atomic mass is 9.83. The van der Waals surface area contributed by atoms with E-state index in [-0.39, 0.29) is 17.4 Å². The minimum absolute atomic E-state index is 0.0844. The fraction of sp³-hybridized carbons (Fsp3) is 0.632. The van der Waals surface area contributed by atoms with E-state index >= 15 is 0 Å². The van der Waals surface area contributed by atoms with E-state index in [1.807, 2.05) is 6.92 Å². The number of rotatable bonds is 5. The van der Waals surface area contributed by atoms with E-state index in [4.69, 9.17) is 15.2 Å². The van der Waals surface area contributed by atoms with Gasteiger partial charge in [0.1, 0.15) is 0 Å². The zero-order valence-electron chi connectivity index (χ0n) is 13.9. The molecule has 1 aromatic rings. The molecule has 2 N–H and O–H groups in total. The van der Waals surface area contributed by atoms with Crippen molar-refractivity contribution in [2.45, 2.75) is 50.5 Å². The van der Waals surface area contributed by atoms with Crippen molar-refractivity contribution < 1.29 is 14.3 Å². The van der Waals surface area contributed by atoms with Gasteiger partial charge in [-0.2, -0.15) is 0 Å². The van der Waals surface area contributed by atoms with Crippen LogP contribution >= 0.6 is 0 Å². The number of carbonyl (C=O) groups is 1. The van der Waals surface area contributed by atoms with Crippen LogP contribution in [-0.4, -0.2) is 25.8 Å². The highest BCUT2D eigenvalue weighted by atomic mass is 16.5. The number of hydrogen-bond acceptors (Lipinski definition) is 4. The molecule has 2 atom stereocenters. The minimum Gasteiger partial charge on any atom is -0.466 e. The molecular weight excluding hydrogens is 290 g/mol. The Hall–Kier alpha value is -1.39. The summed E-state index contributed by atoms with van der Waals surface area (Å²) in [4.78, 5) is 12.5. The van der Waals surface area contributed by atoms with E-state index in [1.54, 1.807) is 0 Å². The predicted molar refractivity (Wildman–Crippen MR) is 89.1 cm³/mol. The van der Waals surface area contributed by atoms with Crippen LogP contribution in [0.5, 0.6) is 0 Å². The van der Waals surface area contributed by atoms with Crippen molar-refractivity contribution in [3.63, 3.8) is 0 Å². The Bertz CT molecular complexity index is 528. The third-order valence-corrected chi connectivity index (χ3v) is 5.31. The van der Waals surface area contributed by atoms with Gasteiger partial charge in [0.2, 0.25) is 0 Å². The Morgan fingerprint density at radius 2 is 2.04 bits per heavy atom. The third-order valence-electron chi connectivity index (χ3n) is 5.31. The largest absolute Gasteiger partial charge is 0.466 e. The molecular formula is C19H27NO3. The summed E-state index contributed by atoms with van der Waals surface area (Å²) in [5.41, 5.74) is 8.18. The second-order valence-electron chi connectivity index (χ2n) is 6.85. The number of hydrogen-bond donors (Lipinski definition) is 1. The van der Waals surface area contributed by atoms with Crippen LogP contribution in [0, 0.1) is 5.92 Å². The summed E-state index contributed by atoms with van der Waals surface area (Å²) in [5.74, 6) is 0.181. The Morgan fingerprint density at radius 1 is 1.35 bits per heavy atom. The van der Waals surface area contributed by atoms with Crippen LogP contribution in [0.4, 0.5) is 0 Å². The third kappa shape index (κ3) is 3.43. The standard InChI is InChI=1S/C19H27NO3/c1-2-23-18(21)17(14-5-3-4-6-14)15-7-9-16(10-8-15)19(20)11-12-22-13-19/h7-10,14,17H,2-6,11-13,20H2,1H3. The first-order valence-electron chi connectivity index (χ1n) is 8.78. The first kappa shape index (κ1) is 16.5. The highest BCUT2D eigenvalue weighted by molar-refractivity contribution is 5.78. The molecule has 1 aliphatic heterocycles. The lowest BCUT2D eigenvalue weighted by molar-refractivity contribution is -0.146. The van der Waals surface area contributed by atoms with Crippen LogP contribution in [0.3, 0.4) is 0 Å². The molecule has 0 bridgehead atoms. The summed E-state index contributed by atoms with van der Waals surface area (Å²) in [6.45, 7) is 3.58. The van der Waals surface area contributed by atoms with Gasteiger partial charge in [-0.15, -0.1) is 0 Å². The second-order valence-corrected chi connectivity index (χ2v) is 6.85. The number of ether oxygens (including phenoxy) is 2. The molecule has 0 radical (unpaired) electrons. The maximum atomic E-state index is 12.5. The van der Waals surface area contributed by atoms with Crippen molar-refractivity contribution in [3.8, 4) is 0 Å². The number of nitrogens with two attached hydrogens (primary N) is 1. The van der Waals surface area contributed by atoms with E-state index in [2.05, 4.69) is 24.3 Å². The van der Waals surface area contributed by atoms with E-state index in [0.29, 0.717) is 25.7 Å². The van der Waals surface area contributed by atoms with Gasteiger partial charge < -0.3 is 15.2 Å². The zero-order valence-corrected chi connectivity index (χ0v) is 13.9. The molecule has 0 amide bonds. The summed E-state index contributed by atoms with van der Waals surface area (Å²) in [6.07, 6.45) is 5.49. The van der Waals surface area contributed by atoms with Crippen molar-refractivity contribution in [2.24, 2.45) is 11.7 Å². The molecule has 0 aromatic heterocycles. The average Bonchev–Trinajstić information content (AvgIpc) is 3.21. The van der Waals surface area contributed by atoms with Gasteiger partial charge in [-0.25, -0.2) is 0 Å². The summed E-state index contributed by atoms with van der Waals surface area (Å²) in [6, 6.07) is 8.24. The lowest BCUT2D eigenvalue weighted by Gasteiger charge is -2.25. The topological polar surface area (TPSA) is 61.5 Å². The highest BCUT2D eigenvalue weighted by Gasteiger charge is 2.35. The van der Waals surface area contributed by atoms with Crippen LogP contribution in [0.1, 0.15) is 56.1 Å². The smallest absolute Gasteiger partial charge is 0.313 e. The van der Waals surface area contributed by atoms with Gasteiger partial charge in [-0.05, 0) is 43.2 Å². The lowest BCUT2D eigenvalue weighted by Crippen LogP contribution is -2.37.